The zero-order chi connectivity index (χ0) is 21.8. The first kappa shape index (κ1) is 20.9. The van der Waals surface area contributed by atoms with Gasteiger partial charge < -0.3 is 15.2 Å². The second-order valence-electron chi connectivity index (χ2n) is 7.27. The van der Waals surface area contributed by atoms with Crippen molar-refractivity contribution >= 4 is 40.6 Å². The van der Waals surface area contributed by atoms with Gasteiger partial charge >= 0.3 is 6.03 Å². The minimum atomic E-state index is -0.366. The smallest absolute Gasteiger partial charge is 0.324 e. The summed E-state index contributed by atoms with van der Waals surface area (Å²) in [6, 6.07) is 15.0. The van der Waals surface area contributed by atoms with E-state index in [0.29, 0.717) is 6.54 Å². The molecule has 4 amide bonds. The van der Waals surface area contributed by atoms with Gasteiger partial charge in [-0.2, -0.15) is 11.8 Å². The van der Waals surface area contributed by atoms with Gasteiger partial charge in [0, 0.05) is 6.54 Å². The normalized spacial score (nSPS) is 13.6. The van der Waals surface area contributed by atoms with Crippen molar-refractivity contribution in [1.82, 2.24) is 25.1 Å². The largest absolute Gasteiger partial charge is 0.350 e. The van der Waals surface area contributed by atoms with Crippen molar-refractivity contribution in [2.75, 3.05) is 12.8 Å². The van der Waals surface area contributed by atoms with Crippen LogP contribution in [0.3, 0.4) is 0 Å². The maximum Gasteiger partial charge on any atom is 0.324 e. The standard InChI is InChI=1S/C22H23N5O3S/c1-31-14-19-25-17-4-2-3-5-18(17)26(19)13-20(28)23-10-15-6-8-16(9-7-15)12-27-21(29)11-24-22(27)30/h2-9H,10-14H2,1H3,(H,23,28)(H,24,30). The van der Waals surface area contributed by atoms with E-state index in [4.69, 9.17) is 0 Å². The Kier molecular flexibility index (Phi) is 6.22. The van der Waals surface area contributed by atoms with Gasteiger partial charge in [0.05, 0.1) is 29.9 Å². The van der Waals surface area contributed by atoms with Crippen LogP contribution in [0.1, 0.15) is 17.0 Å². The number of hydrogen-bond donors (Lipinski definition) is 2. The van der Waals surface area contributed by atoms with E-state index in [1.54, 1.807) is 11.8 Å². The molecule has 2 N–H and O–H groups in total. The second kappa shape index (κ2) is 9.22. The number of rotatable bonds is 8. The van der Waals surface area contributed by atoms with Crippen LogP contribution in [0.2, 0.25) is 0 Å². The highest BCUT2D eigenvalue weighted by molar-refractivity contribution is 7.97. The molecule has 0 bridgehead atoms. The highest BCUT2D eigenvalue weighted by Gasteiger charge is 2.28. The van der Waals surface area contributed by atoms with Crippen LogP contribution in [0.25, 0.3) is 11.0 Å². The predicted octanol–water partition coefficient (Wildman–Crippen LogP) is 2.27. The molecule has 160 valence electrons. The zero-order valence-electron chi connectivity index (χ0n) is 17.1. The molecule has 4 rings (SSSR count). The molecule has 9 heteroatoms. The van der Waals surface area contributed by atoms with Crippen molar-refractivity contribution in [1.29, 1.82) is 0 Å². The monoisotopic (exact) mass is 437 g/mol. The summed E-state index contributed by atoms with van der Waals surface area (Å²) in [7, 11) is 0. The lowest BCUT2D eigenvalue weighted by atomic mass is 10.1. The molecule has 0 saturated carbocycles. The fourth-order valence-corrected chi connectivity index (χ4v) is 3.98. The molecule has 1 fully saturated rings. The highest BCUT2D eigenvalue weighted by Crippen LogP contribution is 2.19. The van der Waals surface area contributed by atoms with Crippen LogP contribution in [-0.2, 0) is 35.0 Å². The molecule has 1 aliphatic heterocycles. The summed E-state index contributed by atoms with van der Waals surface area (Å²) < 4.78 is 1.96. The van der Waals surface area contributed by atoms with Crippen LogP contribution in [0, 0.1) is 0 Å². The third kappa shape index (κ3) is 4.72. The van der Waals surface area contributed by atoms with E-state index in [2.05, 4.69) is 15.6 Å². The highest BCUT2D eigenvalue weighted by atomic mass is 32.2. The molecule has 31 heavy (non-hydrogen) atoms. The van der Waals surface area contributed by atoms with E-state index in [-0.39, 0.29) is 37.5 Å². The number of fused-ring (bicyclic) bond motifs is 1. The maximum atomic E-state index is 12.6. The molecule has 2 heterocycles. The third-order valence-corrected chi connectivity index (χ3v) is 5.65. The number of carbonyl (C=O) groups is 3. The van der Waals surface area contributed by atoms with Gasteiger partial charge in [-0.3, -0.25) is 14.5 Å². The quantitative estimate of drug-likeness (QED) is 0.527. The van der Waals surface area contributed by atoms with Gasteiger partial charge in [-0.1, -0.05) is 36.4 Å². The predicted molar refractivity (Wildman–Crippen MR) is 119 cm³/mol. The van der Waals surface area contributed by atoms with Crippen LogP contribution in [0.4, 0.5) is 4.79 Å². The van der Waals surface area contributed by atoms with Crippen molar-refractivity contribution in [3.8, 4) is 0 Å². The lowest BCUT2D eigenvalue weighted by Gasteiger charge is -2.13. The summed E-state index contributed by atoms with van der Waals surface area (Å²) in [6.45, 7) is 0.893. The van der Waals surface area contributed by atoms with Crippen molar-refractivity contribution in [3.05, 3.63) is 65.5 Å². The van der Waals surface area contributed by atoms with Gasteiger partial charge in [0.15, 0.2) is 0 Å². The fourth-order valence-electron chi connectivity index (χ4n) is 3.50. The van der Waals surface area contributed by atoms with E-state index < -0.39 is 0 Å². The lowest BCUT2D eigenvalue weighted by molar-refractivity contribution is -0.125. The molecule has 8 nitrogen and oxygen atoms in total. The molecule has 1 aliphatic rings. The maximum absolute atomic E-state index is 12.6. The van der Waals surface area contributed by atoms with Gasteiger partial charge in [-0.15, -0.1) is 0 Å². The number of nitrogens with one attached hydrogen (secondary N) is 2. The Bertz CT molecular complexity index is 1110. The first-order valence-electron chi connectivity index (χ1n) is 9.91. The number of thioether (sulfide) groups is 1. The summed E-state index contributed by atoms with van der Waals surface area (Å²) in [6.07, 6.45) is 2.01. The summed E-state index contributed by atoms with van der Waals surface area (Å²) in [5.41, 5.74) is 3.63. The minimum Gasteiger partial charge on any atom is -0.350 e. The number of amides is 4. The Balaban J connectivity index is 1.36. The van der Waals surface area contributed by atoms with Crippen LogP contribution in [-0.4, -0.2) is 45.1 Å². The summed E-state index contributed by atoms with van der Waals surface area (Å²) in [5.74, 6) is 1.30. The molecule has 0 unspecified atom stereocenters. The van der Waals surface area contributed by atoms with Crippen LogP contribution < -0.4 is 10.6 Å². The number of aromatic nitrogens is 2. The molecular weight excluding hydrogens is 414 g/mol. The summed E-state index contributed by atoms with van der Waals surface area (Å²) >= 11 is 1.67. The van der Waals surface area contributed by atoms with Crippen LogP contribution in [0.5, 0.6) is 0 Å². The number of nitrogens with zero attached hydrogens (tertiary/aromatic N) is 3. The molecule has 0 aliphatic carbocycles. The number of urea groups is 1. The van der Waals surface area contributed by atoms with Gasteiger partial charge in [0.1, 0.15) is 12.4 Å². The Morgan fingerprint density at radius 2 is 1.87 bits per heavy atom. The number of imide groups is 1. The number of benzene rings is 2. The second-order valence-corrected chi connectivity index (χ2v) is 8.13. The van der Waals surface area contributed by atoms with Gasteiger partial charge in [-0.25, -0.2) is 9.78 Å². The van der Waals surface area contributed by atoms with E-state index >= 15 is 0 Å². The number of hydrogen-bond acceptors (Lipinski definition) is 5. The van der Waals surface area contributed by atoms with E-state index in [1.807, 2.05) is 59.4 Å². The molecule has 1 aromatic heterocycles. The zero-order valence-corrected chi connectivity index (χ0v) is 17.9. The molecule has 0 spiro atoms. The summed E-state index contributed by atoms with van der Waals surface area (Å²) in [4.78, 5) is 41.8. The number of para-hydroxylation sites is 2. The molecule has 1 saturated heterocycles. The SMILES string of the molecule is CSCc1nc2ccccc2n1CC(=O)NCc1ccc(CN2C(=O)CNC2=O)cc1. The fraction of sp³-hybridized carbons (Fsp3) is 0.273. The lowest BCUT2D eigenvalue weighted by Crippen LogP contribution is -2.30. The Morgan fingerprint density at radius 1 is 1.13 bits per heavy atom. The van der Waals surface area contributed by atoms with Crippen molar-refractivity contribution in [2.45, 2.75) is 25.4 Å². The van der Waals surface area contributed by atoms with E-state index in [9.17, 15) is 14.4 Å². The molecule has 0 radical (unpaired) electrons. The van der Waals surface area contributed by atoms with Gasteiger partial charge in [0.25, 0.3) is 0 Å². The van der Waals surface area contributed by atoms with Crippen molar-refractivity contribution < 1.29 is 14.4 Å². The average Bonchev–Trinajstić information content (AvgIpc) is 3.28. The topological polar surface area (TPSA) is 96.3 Å². The first-order chi connectivity index (χ1) is 15.0. The number of carbonyl (C=O) groups excluding carboxylic acids is 3. The number of imidazole rings is 1. The Hall–Kier alpha value is -3.33. The van der Waals surface area contributed by atoms with Crippen LogP contribution in [0.15, 0.2) is 48.5 Å². The molecule has 0 atom stereocenters. The third-order valence-electron chi connectivity index (χ3n) is 5.10. The molecule has 3 aromatic rings. The van der Waals surface area contributed by atoms with Crippen molar-refractivity contribution in [2.24, 2.45) is 0 Å². The molecular formula is C22H23N5O3S. The van der Waals surface area contributed by atoms with E-state index in [1.165, 1.54) is 4.90 Å². The molecule has 2 aromatic carbocycles. The van der Waals surface area contributed by atoms with E-state index in [0.717, 1.165) is 33.7 Å². The van der Waals surface area contributed by atoms with Gasteiger partial charge in [0.2, 0.25) is 11.8 Å². The van der Waals surface area contributed by atoms with Gasteiger partial charge in [-0.05, 0) is 29.5 Å². The first-order valence-corrected chi connectivity index (χ1v) is 11.3. The Morgan fingerprint density at radius 3 is 2.58 bits per heavy atom. The minimum absolute atomic E-state index is 0.0494. The average molecular weight is 438 g/mol. The van der Waals surface area contributed by atoms with Crippen molar-refractivity contribution in [3.63, 3.8) is 0 Å². The van der Waals surface area contributed by atoms with Crippen LogP contribution >= 0.6 is 11.8 Å². The Labute approximate surface area is 184 Å². The summed E-state index contributed by atoms with van der Waals surface area (Å²) in [5, 5.41) is 5.46.